The minimum absolute atomic E-state index is 0.853. The Labute approximate surface area is 111 Å². The van der Waals surface area contributed by atoms with E-state index in [4.69, 9.17) is 4.74 Å². The summed E-state index contributed by atoms with van der Waals surface area (Å²) in [5.41, 5.74) is 2.04. The van der Waals surface area contributed by atoms with E-state index in [2.05, 4.69) is 20.9 Å². The van der Waals surface area contributed by atoms with Gasteiger partial charge in [0.15, 0.2) is 4.96 Å². The van der Waals surface area contributed by atoms with E-state index in [1.165, 1.54) is 0 Å². The molecule has 5 heteroatoms. The molecule has 0 radical (unpaired) electrons. The molecule has 0 fully saturated rings. The first-order chi connectivity index (χ1) is 8.29. The van der Waals surface area contributed by atoms with Gasteiger partial charge in [-0.2, -0.15) is 0 Å². The van der Waals surface area contributed by atoms with Gasteiger partial charge in [0.05, 0.1) is 7.11 Å². The lowest BCUT2D eigenvalue weighted by atomic mass is 10.2. The molecule has 86 valence electrons. The average Bonchev–Trinajstić information content (AvgIpc) is 2.93. The van der Waals surface area contributed by atoms with Crippen LogP contribution in [-0.4, -0.2) is 16.5 Å². The highest BCUT2D eigenvalue weighted by molar-refractivity contribution is 9.10. The van der Waals surface area contributed by atoms with Crippen LogP contribution in [0.15, 0.2) is 40.4 Å². The lowest BCUT2D eigenvalue weighted by Gasteiger charge is -2.01. The zero-order valence-electron chi connectivity index (χ0n) is 9.05. The summed E-state index contributed by atoms with van der Waals surface area (Å²) in [5, 5.41) is 2.02. The standard InChI is InChI=1S/C12H9BrN2OS/c1-16-9-4-2-8(3-5-9)10-11(13)15-6-7-17-12(15)14-10/h2-7H,1H3. The number of fused-ring (bicyclic) bond motifs is 1. The molecule has 2 aromatic heterocycles. The molecule has 17 heavy (non-hydrogen) atoms. The van der Waals surface area contributed by atoms with Crippen LogP contribution in [0.5, 0.6) is 5.75 Å². The van der Waals surface area contributed by atoms with Crippen molar-refractivity contribution in [1.29, 1.82) is 0 Å². The molecule has 3 rings (SSSR count). The molecule has 0 bridgehead atoms. The molecular formula is C12H9BrN2OS. The predicted molar refractivity (Wildman–Crippen MR) is 72.8 cm³/mol. The van der Waals surface area contributed by atoms with Crippen LogP contribution in [0.3, 0.4) is 0 Å². The molecule has 1 aromatic carbocycles. The summed E-state index contributed by atoms with van der Waals surface area (Å²) in [5.74, 6) is 0.853. The summed E-state index contributed by atoms with van der Waals surface area (Å²) in [7, 11) is 1.66. The Kier molecular flexibility index (Phi) is 2.64. The quantitative estimate of drug-likeness (QED) is 0.719. The van der Waals surface area contributed by atoms with E-state index in [0.29, 0.717) is 0 Å². The Morgan fingerprint density at radius 1 is 1.29 bits per heavy atom. The topological polar surface area (TPSA) is 26.5 Å². The van der Waals surface area contributed by atoms with Crippen LogP contribution in [0.2, 0.25) is 0 Å². The average molecular weight is 309 g/mol. The highest BCUT2D eigenvalue weighted by atomic mass is 79.9. The highest BCUT2D eigenvalue weighted by Gasteiger charge is 2.12. The smallest absolute Gasteiger partial charge is 0.195 e. The van der Waals surface area contributed by atoms with Crippen LogP contribution in [0.25, 0.3) is 16.2 Å². The van der Waals surface area contributed by atoms with Gasteiger partial charge in [0, 0.05) is 17.1 Å². The fourth-order valence-corrected chi connectivity index (χ4v) is 3.13. The third-order valence-corrected chi connectivity index (χ3v) is 4.08. The van der Waals surface area contributed by atoms with Gasteiger partial charge in [-0.25, -0.2) is 4.98 Å². The van der Waals surface area contributed by atoms with Crippen molar-refractivity contribution in [3.05, 3.63) is 40.4 Å². The van der Waals surface area contributed by atoms with E-state index in [1.807, 2.05) is 40.2 Å². The first kappa shape index (κ1) is 10.8. The number of thiazole rings is 1. The number of benzene rings is 1. The molecule has 0 amide bonds. The Bertz CT molecular complexity index is 657. The number of nitrogens with zero attached hydrogens (tertiary/aromatic N) is 2. The van der Waals surface area contributed by atoms with Gasteiger partial charge in [-0.05, 0) is 40.2 Å². The number of imidazole rings is 1. The summed E-state index contributed by atoms with van der Waals surface area (Å²) in [6.07, 6.45) is 2.00. The molecule has 0 aliphatic heterocycles. The van der Waals surface area contributed by atoms with E-state index < -0.39 is 0 Å². The SMILES string of the molecule is COc1ccc(-c2nc3sccn3c2Br)cc1. The minimum atomic E-state index is 0.853. The highest BCUT2D eigenvalue weighted by Crippen LogP contribution is 2.31. The molecule has 0 unspecified atom stereocenters. The fourth-order valence-electron chi connectivity index (χ4n) is 1.69. The van der Waals surface area contributed by atoms with Gasteiger partial charge in [-0.3, -0.25) is 4.40 Å². The van der Waals surface area contributed by atoms with Crippen LogP contribution in [0, 0.1) is 0 Å². The van der Waals surface area contributed by atoms with Gasteiger partial charge in [0.2, 0.25) is 0 Å². The normalized spacial score (nSPS) is 10.9. The van der Waals surface area contributed by atoms with Gasteiger partial charge >= 0.3 is 0 Å². The Hall–Kier alpha value is -1.33. The number of methoxy groups -OCH3 is 1. The maximum Gasteiger partial charge on any atom is 0.195 e. The third kappa shape index (κ3) is 1.75. The van der Waals surface area contributed by atoms with Crippen molar-refractivity contribution in [2.45, 2.75) is 0 Å². The summed E-state index contributed by atoms with van der Waals surface area (Å²) in [6.45, 7) is 0. The number of hydrogen-bond acceptors (Lipinski definition) is 3. The second kappa shape index (κ2) is 4.16. The lowest BCUT2D eigenvalue weighted by Crippen LogP contribution is -1.83. The third-order valence-electron chi connectivity index (χ3n) is 2.57. The number of halogens is 1. The first-order valence-electron chi connectivity index (χ1n) is 5.05. The van der Waals surface area contributed by atoms with E-state index in [-0.39, 0.29) is 0 Å². The zero-order valence-corrected chi connectivity index (χ0v) is 11.5. The van der Waals surface area contributed by atoms with Crippen LogP contribution < -0.4 is 4.74 Å². The van der Waals surface area contributed by atoms with Gasteiger partial charge in [0.1, 0.15) is 16.0 Å². The van der Waals surface area contributed by atoms with E-state index in [9.17, 15) is 0 Å². The lowest BCUT2D eigenvalue weighted by molar-refractivity contribution is 0.415. The van der Waals surface area contributed by atoms with Crippen LogP contribution in [0.4, 0.5) is 0 Å². The summed E-state index contributed by atoms with van der Waals surface area (Å²) in [4.78, 5) is 5.58. The largest absolute Gasteiger partial charge is 0.497 e. The number of hydrogen-bond donors (Lipinski definition) is 0. The molecule has 0 atom stereocenters. The van der Waals surface area contributed by atoms with Crippen LogP contribution in [0.1, 0.15) is 0 Å². The number of rotatable bonds is 2. The van der Waals surface area contributed by atoms with Crippen molar-refractivity contribution in [3.8, 4) is 17.0 Å². The van der Waals surface area contributed by atoms with Crippen molar-refractivity contribution in [3.63, 3.8) is 0 Å². The van der Waals surface area contributed by atoms with Crippen LogP contribution in [-0.2, 0) is 0 Å². The Morgan fingerprint density at radius 2 is 2.06 bits per heavy atom. The maximum absolute atomic E-state index is 5.14. The van der Waals surface area contributed by atoms with Gasteiger partial charge in [-0.1, -0.05) is 0 Å². The summed E-state index contributed by atoms with van der Waals surface area (Å²) < 4.78 is 8.16. The van der Waals surface area contributed by atoms with Crippen LogP contribution >= 0.6 is 27.3 Å². The molecule has 3 aromatic rings. The monoisotopic (exact) mass is 308 g/mol. The summed E-state index contributed by atoms with van der Waals surface area (Å²) >= 11 is 5.20. The van der Waals surface area contributed by atoms with E-state index in [0.717, 1.165) is 26.6 Å². The second-order valence-corrected chi connectivity index (χ2v) is 5.16. The summed E-state index contributed by atoms with van der Waals surface area (Å²) in [6, 6.07) is 7.90. The first-order valence-corrected chi connectivity index (χ1v) is 6.72. The predicted octanol–water partition coefficient (Wildman–Crippen LogP) is 3.83. The molecule has 0 N–H and O–H groups in total. The van der Waals surface area contributed by atoms with Crippen molar-refractivity contribution in [1.82, 2.24) is 9.38 Å². The van der Waals surface area contributed by atoms with Crippen molar-refractivity contribution in [2.24, 2.45) is 0 Å². The Morgan fingerprint density at radius 3 is 2.71 bits per heavy atom. The van der Waals surface area contributed by atoms with E-state index in [1.54, 1.807) is 18.4 Å². The molecule has 0 saturated carbocycles. The van der Waals surface area contributed by atoms with Crippen molar-refractivity contribution < 1.29 is 4.74 Å². The zero-order chi connectivity index (χ0) is 11.8. The van der Waals surface area contributed by atoms with Gasteiger partial charge in [0.25, 0.3) is 0 Å². The van der Waals surface area contributed by atoms with Gasteiger partial charge < -0.3 is 4.74 Å². The minimum Gasteiger partial charge on any atom is -0.497 e. The molecule has 0 aliphatic rings. The van der Waals surface area contributed by atoms with E-state index >= 15 is 0 Å². The molecule has 0 spiro atoms. The van der Waals surface area contributed by atoms with Crippen molar-refractivity contribution in [2.75, 3.05) is 7.11 Å². The van der Waals surface area contributed by atoms with Gasteiger partial charge in [-0.15, -0.1) is 11.3 Å². The van der Waals surface area contributed by atoms with Crippen molar-refractivity contribution >= 4 is 32.2 Å². The maximum atomic E-state index is 5.14. The molecule has 0 aliphatic carbocycles. The molecule has 0 saturated heterocycles. The fraction of sp³-hybridized carbons (Fsp3) is 0.0833. The molecule has 3 nitrogen and oxygen atoms in total. The Balaban J connectivity index is 2.12. The molecule has 2 heterocycles. The number of aromatic nitrogens is 2. The molecular weight excluding hydrogens is 300 g/mol. The second-order valence-electron chi connectivity index (χ2n) is 3.54. The number of ether oxygens (including phenoxy) is 1.